The lowest BCUT2D eigenvalue weighted by Crippen LogP contribution is -2.19. The van der Waals surface area contributed by atoms with Crippen LogP contribution in [0.25, 0.3) is 27.7 Å². The quantitative estimate of drug-likeness (QED) is 0.509. The van der Waals surface area contributed by atoms with Gasteiger partial charge in [-0.05, 0) is 68.9 Å². The van der Waals surface area contributed by atoms with Crippen molar-refractivity contribution in [3.05, 3.63) is 58.9 Å². The second-order valence-corrected chi connectivity index (χ2v) is 7.37. The molecule has 1 aliphatic rings. The van der Waals surface area contributed by atoms with Gasteiger partial charge in [-0.25, -0.2) is 4.85 Å². The van der Waals surface area contributed by atoms with Gasteiger partial charge >= 0.3 is 0 Å². The zero-order chi connectivity index (χ0) is 23.8. The lowest BCUT2D eigenvalue weighted by Gasteiger charge is -2.13. The standard InChI is InChI=1S/C24H26N4O2/c1-5-13-26-20-11-10-17-18(20)7-6-8-19(17)23-27-24(30-28-23)16-9-12-22(29-15(2)3)21(14-16)25-4/h6-9,12,14-15,20,26H,5,10-11,13H2,1-3H3/t20-/m0/s1/i11D2,20D. The highest BCUT2D eigenvalue weighted by Crippen LogP contribution is 2.38. The second kappa shape index (κ2) is 8.68. The summed E-state index contributed by atoms with van der Waals surface area (Å²) in [4.78, 5) is 8.07. The molecule has 0 aliphatic heterocycles. The van der Waals surface area contributed by atoms with E-state index in [2.05, 4.69) is 20.3 Å². The summed E-state index contributed by atoms with van der Waals surface area (Å²) in [6.45, 7) is 13.8. The smallest absolute Gasteiger partial charge is 0.256 e. The Morgan fingerprint density at radius 1 is 1.40 bits per heavy atom. The summed E-state index contributed by atoms with van der Waals surface area (Å²) in [6.07, 6.45) is -0.966. The number of nitrogens with one attached hydrogen (secondary N) is 1. The molecular formula is C24H26N4O2. The minimum Gasteiger partial charge on any atom is -0.502 e. The minimum atomic E-state index is -1.79. The lowest BCUT2D eigenvalue weighted by atomic mass is 10.0. The number of rotatable bonds is 7. The maximum atomic E-state index is 8.89. The molecular weight excluding hydrogens is 376 g/mol. The molecule has 1 aliphatic carbocycles. The van der Waals surface area contributed by atoms with E-state index in [1.165, 1.54) is 0 Å². The highest BCUT2D eigenvalue weighted by molar-refractivity contribution is 5.70. The molecule has 6 nitrogen and oxygen atoms in total. The Balaban J connectivity index is 1.71. The second-order valence-electron chi connectivity index (χ2n) is 7.37. The molecule has 1 atom stereocenters. The molecule has 1 aromatic heterocycles. The van der Waals surface area contributed by atoms with Gasteiger partial charge in [-0.3, -0.25) is 0 Å². The van der Waals surface area contributed by atoms with E-state index in [9.17, 15) is 0 Å². The van der Waals surface area contributed by atoms with Crippen molar-refractivity contribution in [2.75, 3.05) is 6.54 Å². The van der Waals surface area contributed by atoms with E-state index >= 15 is 0 Å². The Morgan fingerprint density at radius 3 is 3.03 bits per heavy atom. The molecule has 0 spiro atoms. The van der Waals surface area contributed by atoms with Crippen molar-refractivity contribution in [3.8, 4) is 28.6 Å². The van der Waals surface area contributed by atoms with Gasteiger partial charge in [-0.2, -0.15) is 4.98 Å². The largest absolute Gasteiger partial charge is 0.502 e. The highest BCUT2D eigenvalue weighted by Gasteiger charge is 2.26. The van der Waals surface area contributed by atoms with Gasteiger partial charge in [0, 0.05) is 19.9 Å². The van der Waals surface area contributed by atoms with Crippen LogP contribution in [0, 0.1) is 6.57 Å². The molecule has 0 radical (unpaired) electrons. The number of hydrogen-bond donors (Lipinski definition) is 1. The summed E-state index contributed by atoms with van der Waals surface area (Å²) < 4.78 is 37.1. The first-order valence-corrected chi connectivity index (χ1v) is 10.1. The van der Waals surface area contributed by atoms with Crippen LogP contribution in [0.3, 0.4) is 0 Å². The van der Waals surface area contributed by atoms with Crippen molar-refractivity contribution >= 4 is 5.69 Å². The van der Waals surface area contributed by atoms with Crippen LogP contribution in [0.15, 0.2) is 40.9 Å². The van der Waals surface area contributed by atoms with Crippen LogP contribution < -0.4 is 10.1 Å². The Kier molecular flexibility index (Phi) is 4.81. The molecule has 30 heavy (non-hydrogen) atoms. The maximum absolute atomic E-state index is 8.89. The van der Waals surface area contributed by atoms with Crippen LogP contribution in [0.5, 0.6) is 5.75 Å². The first-order valence-electron chi connectivity index (χ1n) is 11.6. The van der Waals surface area contributed by atoms with Crippen LogP contribution in [0.1, 0.15) is 54.8 Å². The van der Waals surface area contributed by atoms with Crippen LogP contribution in [0.2, 0.25) is 0 Å². The number of aromatic nitrogens is 2. The van der Waals surface area contributed by atoms with Crippen molar-refractivity contribution in [3.63, 3.8) is 0 Å². The fourth-order valence-electron chi connectivity index (χ4n) is 3.44. The van der Waals surface area contributed by atoms with Crippen LogP contribution in [0.4, 0.5) is 5.69 Å². The number of fused-ring (bicyclic) bond motifs is 1. The third-order valence-corrected chi connectivity index (χ3v) is 4.80. The third kappa shape index (κ3) is 3.94. The van der Waals surface area contributed by atoms with Gasteiger partial charge in [0.2, 0.25) is 11.5 Å². The number of nitrogens with zero attached hydrogens (tertiary/aromatic N) is 3. The first-order chi connectivity index (χ1) is 15.7. The Morgan fingerprint density at radius 2 is 2.27 bits per heavy atom. The summed E-state index contributed by atoms with van der Waals surface area (Å²) in [5, 5.41) is 7.21. The topological polar surface area (TPSA) is 64.5 Å². The van der Waals surface area contributed by atoms with Gasteiger partial charge in [0.25, 0.3) is 5.89 Å². The molecule has 3 aromatic rings. The van der Waals surface area contributed by atoms with E-state index in [0.29, 0.717) is 46.1 Å². The van der Waals surface area contributed by atoms with Gasteiger partial charge in [0.15, 0.2) is 0 Å². The molecule has 6 heteroatoms. The van der Waals surface area contributed by atoms with Gasteiger partial charge < -0.3 is 14.6 Å². The van der Waals surface area contributed by atoms with Crippen molar-refractivity contribution in [1.29, 1.82) is 0 Å². The van der Waals surface area contributed by atoms with Gasteiger partial charge in [0.05, 0.1) is 14.0 Å². The zero-order valence-electron chi connectivity index (χ0n) is 20.3. The predicted molar refractivity (Wildman–Crippen MR) is 117 cm³/mol. The van der Waals surface area contributed by atoms with Gasteiger partial charge in [0.1, 0.15) is 5.75 Å². The molecule has 2 aromatic carbocycles. The average Bonchev–Trinajstić information content (AvgIpc) is 3.34. The summed E-state index contributed by atoms with van der Waals surface area (Å²) in [6, 6.07) is 8.99. The van der Waals surface area contributed by atoms with E-state index in [1.807, 2.05) is 26.8 Å². The van der Waals surface area contributed by atoms with Crippen molar-refractivity contribution in [2.45, 2.75) is 52.1 Å². The first kappa shape index (κ1) is 16.6. The Hall–Kier alpha value is -3.17. The van der Waals surface area contributed by atoms with E-state index in [1.54, 1.807) is 30.3 Å². The predicted octanol–water partition coefficient (Wildman–Crippen LogP) is 5.73. The van der Waals surface area contributed by atoms with E-state index in [-0.39, 0.29) is 18.4 Å². The summed E-state index contributed by atoms with van der Waals surface area (Å²) in [5.74, 6) is 1.08. The molecule has 4 rings (SSSR count). The zero-order valence-corrected chi connectivity index (χ0v) is 17.3. The maximum Gasteiger partial charge on any atom is 0.256 e. The molecule has 0 saturated carbocycles. The molecule has 1 heterocycles. The van der Waals surface area contributed by atoms with E-state index in [0.717, 1.165) is 6.42 Å². The lowest BCUT2D eigenvalue weighted by molar-refractivity contribution is 0.244. The molecule has 0 unspecified atom stereocenters. The Bertz CT molecular complexity index is 1220. The van der Waals surface area contributed by atoms with Crippen LogP contribution in [-0.4, -0.2) is 22.8 Å². The van der Waals surface area contributed by atoms with Crippen molar-refractivity contribution < 1.29 is 13.4 Å². The third-order valence-electron chi connectivity index (χ3n) is 4.80. The Labute approximate surface area is 181 Å². The summed E-state index contributed by atoms with van der Waals surface area (Å²) in [5.41, 5.74) is 2.89. The minimum absolute atomic E-state index is 0.0521. The van der Waals surface area contributed by atoms with Crippen LogP contribution >= 0.6 is 0 Å². The van der Waals surface area contributed by atoms with E-state index in [4.69, 9.17) is 19.9 Å². The van der Waals surface area contributed by atoms with Crippen molar-refractivity contribution in [1.82, 2.24) is 15.5 Å². The molecule has 1 N–H and O–H groups in total. The fraction of sp³-hybridized carbons (Fsp3) is 0.375. The molecule has 154 valence electrons. The molecule has 0 saturated heterocycles. The van der Waals surface area contributed by atoms with Gasteiger partial charge in [-0.15, -0.1) is 0 Å². The van der Waals surface area contributed by atoms with E-state index < -0.39 is 12.4 Å². The normalized spacial score (nSPS) is 20.8. The fourth-order valence-corrected chi connectivity index (χ4v) is 3.44. The summed E-state index contributed by atoms with van der Waals surface area (Å²) >= 11 is 0. The van der Waals surface area contributed by atoms with Crippen LogP contribution in [-0.2, 0) is 6.42 Å². The number of ether oxygens (including phenoxy) is 1. The molecule has 0 fully saturated rings. The highest BCUT2D eigenvalue weighted by atomic mass is 16.5. The summed E-state index contributed by atoms with van der Waals surface area (Å²) in [7, 11) is 0. The molecule has 0 bridgehead atoms. The average molecular weight is 406 g/mol. The SMILES string of the molecule is [2H]C1([2H])Cc2c(-c3noc(-c4ccc(OC(C)C)c([N+]#[C-])c4)n3)cccc2[C@@]1([2H])NCCC. The molecule has 0 amide bonds. The number of hydrogen-bond acceptors (Lipinski definition) is 5. The monoisotopic (exact) mass is 405 g/mol. The van der Waals surface area contributed by atoms with Crippen molar-refractivity contribution in [2.24, 2.45) is 0 Å². The van der Waals surface area contributed by atoms with Gasteiger partial charge in [-0.1, -0.05) is 30.3 Å². The number of benzene rings is 2.